The van der Waals surface area contributed by atoms with Crippen LogP contribution in [0, 0.1) is 5.92 Å². The van der Waals surface area contributed by atoms with Crippen molar-refractivity contribution in [2.24, 2.45) is 10.9 Å². The topological polar surface area (TPSA) is 50.7 Å². The van der Waals surface area contributed by atoms with Gasteiger partial charge in [0, 0.05) is 5.33 Å². The molecule has 122 valence electrons. The normalized spacial score (nSPS) is 17.2. The lowest BCUT2D eigenvalue weighted by atomic mass is 9.99. The van der Waals surface area contributed by atoms with Crippen LogP contribution in [0.2, 0.25) is 0 Å². The van der Waals surface area contributed by atoms with Gasteiger partial charge in [-0.05, 0) is 26.7 Å². The van der Waals surface area contributed by atoms with Crippen LogP contribution in [0.3, 0.4) is 0 Å². The van der Waals surface area contributed by atoms with E-state index in [9.17, 15) is 4.79 Å². The first-order valence-corrected chi connectivity index (χ1v) is 8.99. The minimum Gasteiger partial charge on any atom is -1.00 e. The van der Waals surface area contributed by atoms with Crippen LogP contribution in [0.5, 0.6) is 0 Å². The molecule has 0 bridgehead atoms. The van der Waals surface area contributed by atoms with E-state index in [4.69, 9.17) is 4.74 Å². The highest BCUT2D eigenvalue weighted by Crippen LogP contribution is 2.14. The highest BCUT2D eigenvalue weighted by molar-refractivity contribution is 9.09. The molecular weight excluding hydrogens is 420 g/mol. The molecule has 0 radical (unpaired) electrons. The van der Waals surface area contributed by atoms with Gasteiger partial charge in [0.25, 0.3) is 0 Å². The van der Waals surface area contributed by atoms with Crippen molar-refractivity contribution in [1.82, 2.24) is 5.32 Å². The molecule has 0 fully saturated rings. The lowest BCUT2D eigenvalue weighted by molar-refractivity contribution is -0.0000268. The number of nitrogens with one attached hydrogen (secondary N) is 1. The third-order valence-corrected chi connectivity index (χ3v) is 4.73. The first-order chi connectivity index (χ1) is 9.26. The average molecular weight is 444 g/mol. The molecule has 0 unspecified atom stereocenters. The number of carbonyl (C=O) groups is 1. The summed E-state index contributed by atoms with van der Waals surface area (Å²) in [6.45, 7) is 9.83. The van der Waals surface area contributed by atoms with Gasteiger partial charge in [-0.2, -0.15) is 4.99 Å². The van der Waals surface area contributed by atoms with Crippen molar-refractivity contribution < 1.29 is 26.5 Å². The first kappa shape index (κ1) is 21.0. The Morgan fingerprint density at radius 1 is 1.52 bits per heavy atom. The van der Waals surface area contributed by atoms with Gasteiger partial charge in [-0.25, -0.2) is 4.79 Å². The van der Waals surface area contributed by atoms with Gasteiger partial charge in [0.05, 0.1) is 5.71 Å². The van der Waals surface area contributed by atoms with Gasteiger partial charge < -0.3 is 27.0 Å². The minimum atomic E-state index is -0.484. The third-order valence-electron chi connectivity index (χ3n) is 2.96. The Balaban J connectivity index is 0.00000400. The van der Waals surface area contributed by atoms with Crippen LogP contribution < -0.4 is 22.3 Å². The van der Waals surface area contributed by atoms with Crippen LogP contribution >= 0.6 is 15.9 Å². The van der Waals surface area contributed by atoms with Crippen molar-refractivity contribution in [2.75, 3.05) is 11.1 Å². The maximum atomic E-state index is 12.0. The molecular formula is C14H24Br2N2O2S. The van der Waals surface area contributed by atoms with Crippen LogP contribution in [0.4, 0.5) is 4.79 Å². The minimum absolute atomic E-state index is 0. The number of amides is 1. The van der Waals surface area contributed by atoms with Gasteiger partial charge in [0.2, 0.25) is 17.1 Å². The van der Waals surface area contributed by atoms with Crippen LogP contribution in [0.15, 0.2) is 4.99 Å². The van der Waals surface area contributed by atoms with Crippen LogP contribution in [-0.4, -0.2) is 39.5 Å². The van der Waals surface area contributed by atoms with Crippen LogP contribution in [0.1, 0.15) is 41.0 Å². The molecule has 1 amide bonds. The summed E-state index contributed by atoms with van der Waals surface area (Å²) in [4.78, 5) is 17.6. The summed E-state index contributed by atoms with van der Waals surface area (Å²) in [5, 5.41) is 3.75. The number of carbonyl (C=O) groups excluding carboxylic acids is 1. The standard InChI is InChI=1S/C14H23BrN2O2S.BrH/c1-6-9(2)11(12-16-10(7-15)8-20-12)17-13(18)19-14(3,4)5;/h9,11H,6-8H2,1-5H3;1H/t9-,11-;/m0./s1. The zero-order chi connectivity index (χ0) is 15.3. The summed E-state index contributed by atoms with van der Waals surface area (Å²) in [6.07, 6.45) is 0.599. The van der Waals surface area contributed by atoms with E-state index in [-0.39, 0.29) is 29.1 Å². The van der Waals surface area contributed by atoms with Gasteiger partial charge in [-0.1, -0.05) is 36.2 Å². The highest BCUT2D eigenvalue weighted by atomic mass is 79.9. The van der Waals surface area contributed by atoms with Crippen molar-refractivity contribution in [3.05, 3.63) is 0 Å². The molecule has 1 rings (SSSR count). The fourth-order valence-corrected chi connectivity index (χ4v) is 3.45. The average Bonchev–Trinajstić information content (AvgIpc) is 2.81. The molecule has 1 heterocycles. The maximum absolute atomic E-state index is 12.0. The number of hydrogen-bond donors (Lipinski definition) is 1. The van der Waals surface area contributed by atoms with Gasteiger partial charge >= 0.3 is 11.1 Å². The number of nitrogens with zero attached hydrogens (tertiary/aromatic N) is 1. The second-order valence-electron chi connectivity index (χ2n) is 5.95. The van der Waals surface area contributed by atoms with E-state index in [1.165, 1.54) is 0 Å². The number of alkyl halides is 1. The van der Waals surface area contributed by atoms with Crippen LogP contribution in [0.25, 0.3) is 0 Å². The largest absolute Gasteiger partial charge is 1.00 e. The molecule has 0 saturated heterocycles. The fourth-order valence-electron chi connectivity index (χ4n) is 1.72. The third kappa shape index (κ3) is 7.19. The fraction of sp³-hybridized carbons (Fsp3) is 0.786. The van der Waals surface area contributed by atoms with E-state index in [1.54, 1.807) is 11.4 Å². The SMILES string of the molecule is CC[C@H](C)[C@H](NC(=O)OC(C)(C)C)C1=[S+]CC(CBr)=N1.[Br-]. The van der Waals surface area contributed by atoms with Crippen LogP contribution in [-0.2, 0) is 16.1 Å². The monoisotopic (exact) mass is 442 g/mol. The molecule has 0 saturated carbocycles. The predicted octanol–water partition coefficient (Wildman–Crippen LogP) is -0.00820. The molecule has 7 heteroatoms. The van der Waals surface area contributed by atoms with E-state index in [0.29, 0.717) is 5.92 Å². The van der Waals surface area contributed by atoms with E-state index in [1.807, 2.05) is 20.8 Å². The smallest absolute Gasteiger partial charge is 0.408 e. The Morgan fingerprint density at radius 3 is 2.57 bits per heavy atom. The first-order valence-electron chi connectivity index (χ1n) is 6.88. The molecule has 2 atom stereocenters. The van der Waals surface area contributed by atoms with E-state index in [0.717, 1.165) is 28.2 Å². The van der Waals surface area contributed by atoms with Gasteiger partial charge in [0.15, 0.2) is 0 Å². The Bertz CT molecular complexity index is 420. The van der Waals surface area contributed by atoms with Gasteiger partial charge in [-0.3, -0.25) is 0 Å². The molecule has 0 aliphatic carbocycles. The zero-order valence-electron chi connectivity index (χ0n) is 13.2. The summed E-state index contributed by atoms with van der Waals surface area (Å²) in [5.74, 6) is 1.22. The second-order valence-corrected chi connectivity index (χ2v) is 7.50. The Morgan fingerprint density at radius 2 is 2.14 bits per heavy atom. The molecule has 0 aromatic rings. The molecule has 4 nitrogen and oxygen atoms in total. The molecule has 0 spiro atoms. The quantitative estimate of drug-likeness (QED) is 0.369. The van der Waals surface area contributed by atoms with Crippen molar-refractivity contribution in [3.63, 3.8) is 0 Å². The Kier molecular flexibility index (Phi) is 9.20. The molecule has 0 aromatic heterocycles. The van der Waals surface area contributed by atoms with E-state index < -0.39 is 5.60 Å². The van der Waals surface area contributed by atoms with Gasteiger partial charge in [0.1, 0.15) is 11.6 Å². The summed E-state index contributed by atoms with van der Waals surface area (Å²) >= 11 is 5.13. The molecule has 21 heavy (non-hydrogen) atoms. The maximum Gasteiger partial charge on any atom is 0.408 e. The number of rotatable bonds is 5. The zero-order valence-corrected chi connectivity index (χ0v) is 17.2. The van der Waals surface area contributed by atoms with Crippen molar-refractivity contribution in [2.45, 2.75) is 52.7 Å². The van der Waals surface area contributed by atoms with E-state index in [2.05, 4.69) is 40.1 Å². The molecule has 1 aliphatic rings. The lowest BCUT2D eigenvalue weighted by Crippen LogP contribution is -3.00. The predicted molar refractivity (Wildman–Crippen MR) is 91.1 cm³/mol. The second kappa shape index (κ2) is 9.20. The van der Waals surface area contributed by atoms with E-state index >= 15 is 0 Å². The number of aliphatic imine (C=N–C) groups is 1. The highest BCUT2D eigenvalue weighted by Gasteiger charge is 2.35. The van der Waals surface area contributed by atoms with Gasteiger partial charge in [-0.15, -0.1) is 0 Å². The summed E-state index contributed by atoms with van der Waals surface area (Å²) in [5.41, 5.74) is 0.631. The number of hydrogen-bond acceptors (Lipinski definition) is 3. The Labute approximate surface area is 150 Å². The molecule has 1 aliphatic heterocycles. The number of ether oxygens (including phenoxy) is 1. The van der Waals surface area contributed by atoms with Crippen molar-refractivity contribution >= 4 is 44.1 Å². The number of alkyl carbamates (subject to hydrolysis) is 1. The Hall–Kier alpha value is -0.0100. The van der Waals surface area contributed by atoms with Crippen molar-refractivity contribution in [3.8, 4) is 0 Å². The van der Waals surface area contributed by atoms with Crippen molar-refractivity contribution in [1.29, 1.82) is 0 Å². The lowest BCUT2D eigenvalue weighted by Gasteiger charge is -2.24. The summed E-state index contributed by atoms with van der Waals surface area (Å²) in [6, 6.07) is -0.0728. The number of halogens is 2. The molecule has 1 N–H and O–H groups in total. The summed E-state index contributed by atoms with van der Waals surface area (Å²) in [7, 11) is 0. The molecule has 0 aromatic carbocycles. The summed E-state index contributed by atoms with van der Waals surface area (Å²) < 4.78 is 5.35.